The van der Waals surface area contributed by atoms with Gasteiger partial charge in [-0.05, 0) is 51.1 Å². The van der Waals surface area contributed by atoms with Crippen LogP contribution in [0.1, 0.15) is 5.56 Å². The van der Waals surface area contributed by atoms with E-state index >= 15 is 0 Å². The first-order chi connectivity index (χ1) is 9.74. The molecule has 0 atom stereocenters. The van der Waals surface area contributed by atoms with E-state index in [4.69, 9.17) is 0 Å². The number of aromatic nitrogens is 1. The van der Waals surface area contributed by atoms with Crippen LogP contribution in [0.4, 0.5) is 10.1 Å². The van der Waals surface area contributed by atoms with Gasteiger partial charge < -0.3 is 5.32 Å². The van der Waals surface area contributed by atoms with E-state index in [1.807, 2.05) is 30.5 Å². The molecule has 20 heavy (non-hydrogen) atoms. The average Bonchev–Trinajstić information content (AvgIpc) is 2.46. The summed E-state index contributed by atoms with van der Waals surface area (Å²) < 4.78 is 14.4. The van der Waals surface area contributed by atoms with Crippen LogP contribution in [0.3, 0.4) is 0 Å². The minimum absolute atomic E-state index is 0.260. The number of nitrogens with one attached hydrogen (secondary N) is 1. The zero-order chi connectivity index (χ0) is 13.9. The van der Waals surface area contributed by atoms with Crippen molar-refractivity contribution in [3.05, 3.63) is 70.7 Å². The molecule has 0 amide bonds. The van der Waals surface area contributed by atoms with E-state index in [0.29, 0.717) is 12.2 Å². The SMILES string of the molecule is Fc1cccc(Br)c1NCc1ccc2cnccc2c1. The molecule has 100 valence electrons. The minimum Gasteiger partial charge on any atom is -0.378 e. The van der Waals surface area contributed by atoms with Gasteiger partial charge in [-0.15, -0.1) is 0 Å². The Morgan fingerprint density at radius 3 is 2.85 bits per heavy atom. The van der Waals surface area contributed by atoms with Crippen LogP contribution in [-0.4, -0.2) is 4.98 Å². The first kappa shape index (κ1) is 13.1. The lowest BCUT2D eigenvalue weighted by molar-refractivity contribution is 0.629. The van der Waals surface area contributed by atoms with Crippen LogP contribution in [0.25, 0.3) is 10.8 Å². The maximum atomic E-state index is 13.7. The minimum atomic E-state index is -0.260. The molecular weight excluding hydrogens is 319 g/mol. The van der Waals surface area contributed by atoms with Gasteiger partial charge in [-0.3, -0.25) is 4.98 Å². The molecule has 0 radical (unpaired) electrons. The maximum Gasteiger partial charge on any atom is 0.147 e. The van der Waals surface area contributed by atoms with Crippen LogP contribution in [0.2, 0.25) is 0 Å². The Kier molecular flexibility index (Phi) is 3.65. The van der Waals surface area contributed by atoms with Crippen molar-refractivity contribution in [2.24, 2.45) is 0 Å². The standard InChI is InChI=1S/C16H12BrFN2/c17-14-2-1-3-15(18)16(14)20-9-11-4-5-13-10-19-7-6-12(13)8-11/h1-8,10,20H,9H2. The summed E-state index contributed by atoms with van der Waals surface area (Å²) >= 11 is 3.35. The van der Waals surface area contributed by atoms with Crippen molar-refractivity contribution >= 4 is 32.4 Å². The Labute approximate surface area is 124 Å². The second-order valence-corrected chi connectivity index (χ2v) is 5.36. The Balaban J connectivity index is 1.83. The van der Waals surface area contributed by atoms with Crippen LogP contribution < -0.4 is 5.32 Å². The highest BCUT2D eigenvalue weighted by Crippen LogP contribution is 2.26. The molecule has 0 spiro atoms. The summed E-state index contributed by atoms with van der Waals surface area (Å²) in [5, 5.41) is 5.36. The molecule has 3 aromatic rings. The van der Waals surface area contributed by atoms with Gasteiger partial charge in [0.25, 0.3) is 0 Å². The molecule has 2 nitrogen and oxygen atoms in total. The monoisotopic (exact) mass is 330 g/mol. The third-order valence-corrected chi connectivity index (χ3v) is 3.80. The number of anilines is 1. The first-order valence-electron chi connectivity index (χ1n) is 6.24. The molecule has 0 aliphatic rings. The molecule has 1 aromatic heterocycles. The summed E-state index contributed by atoms with van der Waals surface area (Å²) in [6, 6.07) is 13.0. The number of fused-ring (bicyclic) bond motifs is 1. The zero-order valence-corrected chi connectivity index (χ0v) is 12.2. The van der Waals surface area contributed by atoms with Crippen molar-refractivity contribution in [1.29, 1.82) is 0 Å². The Hall–Kier alpha value is -1.94. The van der Waals surface area contributed by atoms with E-state index < -0.39 is 0 Å². The molecular formula is C16H12BrFN2. The third-order valence-electron chi connectivity index (χ3n) is 3.14. The number of rotatable bonds is 3. The Bertz CT molecular complexity index is 738. The van der Waals surface area contributed by atoms with E-state index in [9.17, 15) is 4.39 Å². The van der Waals surface area contributed by atoms with Crippen molar-refractivity contribution in [3.63, 3.8) is 0 Å². The molecule has 4 heteroatoms. The Morgan fingerprint density at radius 2 is 2.00 bits per heavy atom. The summed E-state index contributed by atoms with van der Waals surface area (Å²) in [7, 11) is 0. The molecule has 0 aliphatic carbocycles. The fourth-order valence-corrected chi connectivity index (χ4v) is 2.58. The predicted molar refractivity (Wildman–Crippen MR) is 83.2 cm³/mol. The summed E-state index contributed by atoms with van der Waals surface area (Å²) in [5.41, 5.74) is 1.58. The lowest BCUT2D eigenvalue weighted by Gasteiger charge is -2.10. The van der Waals surface area contributed by atoms with E-state index in [2.05, 4.69) is 32.3 Å². The molecule has 0 unspecified atom stereocenters. The second-order valence-electron chi connectivity index (χ2n) is 4.51. The van der Waals surface area contributed by atoms with Crippen molar-refractivity contribution in [3.8, 4) is 0 Å². The highest BCUT2D eigenvalue weighted by atomic mass is 79.9. The van der Waals surface area contributed by atoms with Gasteiger partial charge in [-0.1, -0.05) is 18.2 Å². The highest BCUT2D eigenvalue weighted by Gasteiger charge is 2.05. The molecule has 0 saturated carbocycles. The summed E-state index contributed by atoms with van der Waals surface area (Å²) in [6.07, 6.45) is 3.60. The number of pyridine rings is 1. The fourth-order valence-electron chi connectivity index (χ4n) is 2.10. The van der Waals surface area contributed by atoms with E-state index in [1.54, 1.807) is 12.3 Å². The van der Waals surface area contributed by atoms with Crippen LogP contribution >= 0.6 is 15.9 Å². The number of halogens is 2. The van der Waals surface area contributed by atoms with Crippen molar-refractivity contribution in [1.82, 2.24) is 4.98 Å². The van der Waals surface area contributed by atoms with Crippen molar-refractivity contribution in [2.75, 3.05) is 5.32 Å². The molecule has 0 saturated heterocycles. The summed E-state index contributed by atoms with van der Waals surface area (Å²) in [4.78, 5) is 4.09. The van der Waals surface area contributed by atoms with Crippen LogP contribution in [0, 0.1) is 5.82 Å². The molecule has 1 heterocycles. The average molecular weight is 331 g/mol. The second kappa shape index (κ2) is 5.59. The van der Waals surface area contributed by atoms with E-state index in [1.165, 1.54) is 6.07 Å². The van der Waals surface area contributed by atoms with Crippen LogP contribution in [-0.2, 0) is 6.54 Å². The van der Waals surface area contributed by atoms with Crippen molar-refractivity contribution in [2.45, 2.75) is 6.54 Å². The van der Waals surface area contributed by atoms with Gasteiger partial charge in [0.2, 0.25) is 0 Å². The molecule has 0 fully saturated rings. The highest BCUT2D eigenvalue weighted by molar-refractivity contribution is 9.10. The summed E-state index contributed by atoms with van der Waals surface area (Å²) in [6.45, 7) is 0.567. The zero-order valence-electron chi connectivity index (χ0n) is 10.6. The molecule has 0 bridgehead atoms. The van der Waals surface area contributed by atoms with Gasteiger partial charge in [-0.2, -0.15) is 0 Å². The lowest BCUT2D eigenvalue weighted by atomic mass is 10.1. The normalized spacial score (nSPS) is 10.7. The number of para-hydroxylation sites is 1. The molecule has 2 aromatic carbocycles. The number of hydrogen-bond acceptors (Lipinski definition) is 2. The number of benzene rings is 2. The molecule has 0 aliphatic heterocycles. The first-order valence-corrected chi connectivity index (χ1v) is 7.04. The molecule has 1 N–H and O–H groups in total. The van der Waals surface area contributed by atoms with Gasteiger partial charge in [0.1, 0.15) is 5.82 Å². The van der Waals surface area contributed by atoms with Gasteiger partial charge in [0.05, 0.1) is 5.69 Å². The Morgan fingerprint density at radius 1 is 1.10 bits per heavy atom. The van der Waals surface area contributed by atoms with E-state index in [0.717, 1.165) is 20.8 Å². The predicted octanol–water partition coefficient (Wildman–Crippen LogP) is 4.75. The quantitative estimate of drug-likeness (QED) is 0.749. The maximum absolute atomic E-state index is 13.7. The van der Waals surface area contributed by atoms with Crippen LogP contribution in [0.15, 0.2) is 59.3 Å². The lowest BCUT2D eigenvalue weighted by Crippen LogP contribution is -2.02. The van der Waals surface area contributed by atoms with Gasteiger partial charge in [0.15, 0.2) is 0 Å². The van der Waals surface area contributed by atoms with Gasteiger partial charge in [-0.25, -0.2) is 4.39 Å². The van der Waals surface area contributed by atoms with Crippen molar-refractivity contribution < 1.29 is 4.39 Å². The largest absolute Gasteiger partial charge is 0.378 e. The number of hydrogen-bond donors (Lipinski definition) is 1. The summed E-state index contributed by atoms with van der Waals surface area (Å²) in [5.74, 6) is -0.260. The molecule has 3 rings (SSSR count). The third kappa shape index (κ3) is 2.65. The van der Waals surface area contributed by atoms with Gasteiger partial charge >= 0.3 is 0 Å². The van der Waals surface area contributed by atoms with E-state index in [-0.39, 0.29) is 5.82 Å². The smallest absolute Gasteiger partial charge is 0.147 e. The topological polar surface area (TPSA) is 24.9 Å². The fraction of sp³-hybridized carbons (Fsp3) is 0.0625. The van der Waals surface area contributed by atoms with Crippen LogP contribution in [0.5, 0.6) is 0 Å². The van der Waals surface area contributed by atoms with Gasteiger partial charge in [0, 0.05) is 28.8 Å². The number of nitrogens with zero attached hydrogens (tertiary/aromatic N) is 1.